The lowest BCUT2D eigenvalue weighted by Gasteiger charge is -2.11. The first-order valence-electron chi connectivity index (χ1n) is 9.02. The van der Waals surface area contributed by atoms with Gasteiger partial charge in [-0.05, 0) is 37.2 Å². The van der Waals surface area contributed by atoms with Crippen LogP contribution in [-0.4, -0.2) is 28.2 Å². The van der Waals surface area contributed by atoms with Crippen molar-refractivity contribution in [3.8, 4) is 17.0 Å². The molecule has 150 valence electrons. The van der Waals surface area contributed by atoms with Gasteiger partial charge in [-0.2, -0.15) is 0 Å². The number of ether oxygens (including phenoxy) is 1. The Morgan fingerprint density at radius 3 is 2.90 bits per heavy atom. The summed E-state index contributed by atoms with van der Waals surface area (Å²) >= 11 is 6.73. The second kappa shape index (κ2) is 9.94. The molecular weight excluding hydrogens is 408 g/mol. The number of anilines is 1. The van der Waals surface area contributed by atoms with E-state index in [9.17, 15) is 10.1 Å². The minimum absolute atomic E-state index is 0.0366. The third-order valence-electron chi connectivity index (χ3n) is 4.03. The van der Waals surface area contributed by atoms with Crippen LogP contribution >= 0.6 is 23.6 Å². The van der Waals surface area contributed by atoms with Crippen LogP contribution in [-0.2, 0) is 6.42 Å². The fourth-order valence-electron chi connectivity index (χ4n) is 2.70. The zero-order valence-corrected chi connectivity index (χ0v) is 17.4. The second-order valence-electron chi connectivity index (χ2n) is 6.02. The number of thiocarbonyl (C=S) groups is 1. The molecule has 0 saturated heterocycles. The van der Waals surface area contributed by atoms with E-state index in [1.54, 1.807) is 12.1 Å². The van der Waals surface area contributed by atoms with Crippen LogP contribution in [0.25, 0.3) is 11.3 Å². The van der Waals surface area contributed by atoms with Gasteiger partial charge >= 0.3 is 0 Å². The predicted molar refractivity (Wildman–Crippen MR) is 120 cm³/mol. The molecule has 0 aliphatic rings. The molecule has 0 fully saturated rings. The smallest absolute Gasteiger partial charge is 0.270 e. The van der Waals surface area contributed by atoms with Gasteiger partial charge in [-0.15, -0.1) is 11.3 Å². The first kappa shape index (κ1) is 20.7. The van der Waals surface area contributed by atoms with Crippen molar-refractivity contribution in [2.75, 3.05) is 18.5 Å². The van der Waals surface area contributed by atoms with Crippen molar-refractivity contribution in [2.24, 2.45) is 0 Å². The standard InChI is InChI=1S/C20H20N4O3S2/c1-2-27-18-9-4-3-6-14(18)10-11-21-19(28)23-20-22-17(13-29-20)15-7-5-8-16(12-15)24(25)26/h3-9,12-13H,2,10-11H2,1H3,(H2,21,22,23,28). The van der Waals surface area contributed by atoms with Crippen molar-refractivity contribution < 1.29 is 9.66 Å². The summed E-state index contributed by atoms with van der Waals surface area (Å²) in [4.78, 5) is 15.0. The van der Waals surface area contributed by atoms with Gasteiger partial charge < -0.3 is 15.4 Å². The number of non-ortho nitro benzene ring substituents is 1. The third kappa shape index (κ3) is 5.72. The number of aromatic nitrogens is 1. The van der Waals surface area contributed by atoms with E-state index in [1.807, 2.05) is 36.6 Å². The maximum Gasteiger partial charge on any atom is 0.270 e. The number of hydrogen-bond acceptors (Lipinski definition) is 6. The van der Waals surface area contributed by atoms with Crippen molar-refractivity contribution in [3.63, 3.8) is 0 Å². The summed E-state index contributed by atoms with van der Waals surface area (Å²) in [7, 11) is 0. The highest BCUT2D eigenvalue weighted by Gasteiger charge is 2.11. The zero-order chi connectivity index (χ0) is 20.6. The number of nitrogens with zero attached hydrogens (tertiary/aromatic N) is 2. The molecule has 0 aliphatic carbocycles. The lowest BCUT2D eigenvalue weighted by molar-refractivity contribution is -0.384. The summed E-state index contributed by atoms with van der Waals surface area (Å²) in [5.74, 6) is 0.886. The van der Waals surface area contributed by atoms with E-state index in [-0.39, 0.29) is 5.69 Å². The van der Waals surface area contributed by atoms with Crippen molar-refractivity contribution >= 4 is 39.5 Å². The van der Waals surface area contributed by atoms with Crippen LogP contribution < -0.4 is 15.4 Å². The molecule has 29 heavy (non-hydrogen) atoms. The quantitative estimate of drug-likeness (QED) is 0.307. The Morgan fingerprint density at radius 1 is 1.28 bits per heavy atom. The molecule has 9 heteroatoms. The highest BCUT2D eigenvalue weighted by atomic mass is 32.1. The highest BCUT2D eigenvalue weighted by molar-refractivity contribution is 7.80. The maximum atomic E-state index is 10.9. The highest BCUT2D eigenvalue weighted by Crippen LogP contribution is 2.27. The van der Waals surface area contributed by atoms with Gasteiger partial charge in [0.05, 0.1) is 17.2 Å². The van der Waals surface area contributed by atoms with Crippen molar-refractivity contribution in [2.45, 2.75) is 13.3 Å². The molecule has 3 rings (SSSR count). The minimum Gasteiger partial charge on any atom is -0.494 e. The number of nitro groups is 1. The van der Waals surface area contributed by atoms with Gasteiger partial charge in [0.25, 0.3) is 5.69 Å². The van der Waals surface area contributed by atoms with Crippen LogP contribution in [0.2, 0.25) is 0 Å². The molecule has 0 amide bonds. The Bertz CT molecular complexity index is 1010. The first-order chi connectivity index (χ1) is 14.1. The summed E-state index contributed by atoms with van der Waals surface area (Å²) in [5.41, 5.74) is 2.51. The van der Waals surface area contributed by atoms with Gasteiger partial charge in [-0.3, -0.25) is 10.1 Å². The summed E-state index contributed by atoms with van der Waals surface area (Å²) < 4.78 is 5.63. The molecule has 0 bridgehead atoms. The van der Waals surface area contributed by atoms with E-state index in [0.717, 1.165) is 17.7 Å². The number of hydrogen-bond donors (Lipinski definition) is 2. The average molecular weight is 429 g/mol. The number of nitrogens with one attached hydrogen (secondary N) is 2. The van der Waals surface area contributed by atoms with Crippen LogP contribution in [0.15, 0.2) is 53.9 Å². The van der Waals surface area contributed by atoms with Gasteiger partial charge in [-0.25, -0.2) is 4.98 Å². The lowest BCUT2D eigenvalue weighted by Crippen LogP contribution is -2.30. The number of rotatable bonds is 8. The molecule has 1 heterocycles. The lowest BCUT2D eigenvalue weighted by atomic mass is 10.1. The number of benzene rings is 2. The zero-order valence-electron chi connectivity index (χ0n) is 15.8. The Morgan fingerprint density at radius 2 is 2.10 bits per heavy atom. The molecule has 2 aromatic carbocycles. The molecule has 2 N–H and O–H groups in total. The molecule has 0 unspecified atom stereocenters. The predicted octanol–water partition coefficient (Wildman–Crippen LogP) is 4.65. The Kier molecular flexibility index (Phi) is 7.09. The molecule has 7 nitrogen and oxygen atoms in total. The number of para-hydroxylation sites is 1. The second-order valence-corrected chi connectivity index (χ2v) is 7.28. The monoisotopic (exact) mass is 428 g/mol. The van der Waals surface area contributed by atoms with E-state index >= 15 is 0 Å². The van der Waals surface area contributed by atoms with Crippen LogP contribution in [0.4, 0.5) is 10.8 Å². The fraction of sp³-hybridized carbons (Fsp3) is 0.200. The van der Waals surface area contributed by atoms with Crippen LogP contribution in [0, 0.1) is 10.1 Å². The van der Waals surface area contributed by atoms with Crippen LogP contribution in [0.1, 0.15) is 12.5 Å². The largest absolute Gasteiger partial charge is 0.494 e. The van der Waals surface area contributed by atoms with Crippen molar-refractivity contribution in [3.05, 3.63) is 69.6 Å². The summed E-state index contributed by atoms with van der Waals surface area (Å²) in [5, 5.41) is 20.1. The van der Waals surface area contributed by atoms with Gasteiger partial charge in [0.15, 0.2) is 10.2 Å². The summed E-state index contributed by atoms with van der Waals surface area (Å²) in [6, 6.07) is 14.3. The van der Waals surface area contributed by atoms with E-state index in [2.05, 4.69) is 15.6 Å². The van der Waals surface area contributed by atoms with Gasteiger partial charge in [-0.1, -0.05) is 30.3 Å². The van der Waals surface area contributed by atoms with Gasteiger partial charge in [0.2, 0.25) is 0 Å². The van der Waals surface area contributed by atoms with Gasteiger partial charge in [0.1, 0.15) is 5.75 Å². The Labute approximate surface area is 177 Å². The van der Waals surface area contributed by atoms with E-state index < -0.39 is 4.92 Å². The van der Waals surface area contributed by atoms with Crippen LogP contribution in [0.5, 0.6) is 5.75 Å². The molecule has 1 aromatic heterocycles. The summed E-state index contributed by atoms with van der Waals surface area (Å²) in [6.07, 6.45) is 0.773. The Balaban J connectivity index is 1.54. The topological polar surface area (TPSA) is 89.3 Å². The Hall–Kier alpha value is -3.04. The molecule has 0 saturated carbocycles. The van der Waals surface area contributed by atoms with Crippen LogP contribution in [0.3, 0.4) is 0 Å². The SMILES string of the molecule is CCOc1ccccc1CCNC(=S)Nc1nc(-c2cccc([N+](=O)[O-])c2)cs1. The number of nitro benzene ring substituents is 1. The molecule has 0 spiro atoms. The molecular formula is C20H20N4O3S2. The molecule has 3 aromatic rings. The van der Waals surface area contributed by atoms with Crippen molar-refractivity contribution in [1.82, 2.24) is 10.3 Å². The normalized spacial score (nSPS) is 10.4. The molecule has 0 aliphatic heterocycles. The van der Waals surface area contributed by atoms with E-state index in [1.165, 1.54) is 23.5 Å². The first-order valence-corrected chi connectivity index (χ1v) is 10.3. The van der Waals surface area contributed by atoms with Gasteiger partial charge in [0, 0.05) is 29.6 Å². The molecule has 0 atom stereocenters. The number of thiazole rings is 1. The van der Waals surface area contributed by atoms with E-state index in [4.69, 9.17) is 17.0 Å². The third-order valence-corrected chi connectivity index (χ3v) is 5.03. The minimum atomic E-state index is -0.419. The van der Waals surface area contributed by atoms with E-state index in [0.29, 0.717) is 34.7 Å². The fourth-order valence-corrected chi connectivity index (χ4v) is 3.69. The van der Waals surface area contributed by atoms with Crippen molar-refractivity contribution in [1.29, 1.82) is 0 Å². The molecule has 0 radical (unpaired) electrons. The maximum absolute atomic E-state index is 10.9. The average Bonchev–Trinajstić information content (AvgIpc) is 3.18. The summed E-state index contributed by atoms with van der Waals surface area (Å²) in [6.45, 7) is 3.24.